The second kappa shape index (κ2) is 2.35. The summed E-state index contributed by atoms with van der Waals surface area (Å²) in [5, 5.41) is 0. The van der Waals surface area contributed by atoms with E-state index >= 15 is 0 Å². The van der Waals surface area contributed by atoms with Crippen LogP contribution in [0.25, 0.3) is 0 Å². The fraction of sp³-hybridized carbons (Fsp3) is 0.833. The van der Waals surface area contributed by atoms with Gasteiger partial charge in [-0.3, -0.25) is 0 Å². The number of carbonyl (C=O) groups is 1. The van der Waals surface area contributed by atoms with Crippen molar-refractivity contribution in [2.75, 3.05) is 26.4 Å². The van der Waals surface area contributed by atoms with Gasteiger partial charge < -0.3 is 18.9 Å². The van der Waals surface area contributed by atoms with Gasteiger partial charge in [0.1, 0.15) is 0 Å². The number of cyclic esters (lactones) is 2. The molecule has 0 N–H and O–H groups in total. The molecule has 62 valence electrons. The molecule has 0 unspecified atom stereocenters. The van der Waals surface area contributed by atoms with E-state index in [2.05, 4.69) is 9.47 Å². The number of hydrogen-bond donors (Lipinski definition) is 0. The Morgan fingerprint density at radius 2 is 1.64 bits per heavy atom. The standard InChI is InChI=1S/C6H8O5/c7-5-8-3-6(4-9-5)10-1-2-11-6/h1-4H2. The van der Waals surface area contributed by atoms with Gasteiger partial charge in [0.15, 0.2) is 13.2 Å². The summed E-state index contributed by atoms with van der Waals surface area (Å²) < 4.78 is 19.6. The van der Waals surface area contributed by atoms with Gasteiger partial charge in [0.2, 0.25) is 5.79 Å². The minimum Gasteiger partial charge on any atom is -0.428 e. The highest BCUT2D eigenvalue weighted by atomic mass is 16.8. The van der Waals surface area contributed by atoms with Crippen LogP contribution in [-0.2, 0) is 18.9 Å². The molecule has 0 atom stereocenters. The third-order valence-corrected chi connectivity index (χ3v) is 1.63. The van der Waals surface area contributed by atoms with E-state index in [-0.39, 0.29) is 13.2 Å². The Balaban J connectivity index is 1.99. The first kappa shape index (κ1) is 6.87. The van der Waals surface area contributed by atoms with Crippen molar-refractivity contribution in [1.82, 2.24) is 0 Å². The second-order valence-electron chi connectivity index (χ2n) is 2.43. The Morgan fingerprint density at radius 1 is 1.09 bits per heavy atom. The third kappa shape index (κ3) is 1.17. The van der Waals surface area contributed by atoms with Gasteiger partial charge in [-0.05, 0) is 0 Å². The summed E-state index contributed by atoms with van der Waals surface area (Å²) >= 11 is 0. The summed E-state index contributed by atoms with van der Waals surface area (Å²) in [6.07, 6.45) is -0.658. The van der Waals surface area contributed by atoms with Crippen molar-refractivity contribution in [3.63, 3.8) is 0 Å². The second-order valence-corrected chi connectivity index (χ2v) is 2.43. The average molecular weight is 160 g/mol. The molecular weight excluding hydrogens is 152 g/mol. The van der Waals surface area contributed by atoms with Crippen LogP contribution in [0.1, 0.15) is 0 Å². The molecule has 0 radical (unpaired) electrons. The van der Waals surface area contributed by atoms with Gasteiger partial charge in [-0.2, -0.15) is 0 Å². The lowest BCUT2D eigenvalue weighted by molar-refractivity contribution is -0.232. The first-order valence-electron chi connectivity index (χ1n) is 3.38. The van der Waals surface area contributed by atoms with Crippen LogP contribution in [-0.4, -0.2) is 38.4 Å². The molecule has 2 rings (SSSR count). The summed E-state index contributed by atoms with van der Waals surface area (Å²) in [4.78, 5) is 10.4. The Hall–Kier alpha value is -0.810. The van der Waals surface area contributed by atoms with Crippen molar-refractivity contribution in [3.05, 3.63) is 0 Å². The van der Waals surface area contributed by atoms with Crippen molar-refractivity contribution in [2.24, 2.45) is 0 Å². The highest BCUT2D eigenvalue weighted by Crippen LogP contribution is 2.23. The van der Waals surface area contributed by atoms with E-state index in [0.717, 1.165) is 0 Å². The highest BCUT2D eigenvalue weighted by molar-refractivity contribution is 5.60. The molecule has 0 bridgehead atoms. The lowest BCUT2D eigenvalue weighted by Crippen LogP contribution is -2.46. The number of carbonyl (C=O) groups excluding carboxylic acids is 1. The van der Waals surface area contributed by atoms with E-state index in [1.165, 1.54) is 0 Å². The van der Waals surface area contributed by atoms with Crippen LogP contribution in [0.3, 0.4) is 0 Å². The summed E-state index contributed by atoms with van der Waals surface area (Å²) in [6, 6.07) is 0. The third-order valence-electron chi connectivity index (χ3n) is 1.63. The number of hydrogen-bond acceptors (Lipinski definition) is 5. The number of ether oxygens (including phenoxy) is 4. The van der Waals surface area contributed by atoms with Crippen LogP contribution in [0.5, 0.6) is 0 Å². The quantitative estimate of drug-likeness (QED) is 0.463. The van der Waals surface area contributed by atoms with E-state index in [0.29, 0.717) is 13.2 Å². The van der Waals surface area contributed by atoms with Gasteiger partial charge in [0, 0.05) is 0 Å². The topological polar surface area (TPSA) is 54.0 Å². The molecule has 2 fully saturated rings. The predicted molar refractivity (Wildman–Crippen MR) is 31.9 cm³/mol. The Bertz CT molecular complexity index is 160. The summed E-state index contributed by atoms with van der Waals surface area (Å²) in [5.41, 5.74) is 0. The van der Waals surface area contributed by atoms with Crippen LogP contribution in [0, 0.1) is 0 Å². The summed E-state index contributed by atoms with van der Waals surface area (Å²) in [7, 11) is 0. The van der Waals surface area contributed by atoms with Crippen LogP contribution < -0.4 is 0 Å². The minimum atomic E-state index is -0.812. The fourth-order valence-corrected chi connectivity index (χ4v) is 1.08. The summed E-state index contributed by atoms with van der Waals surface area (Å²) in [5.74, 6) is -0.812. The maximum Gasteiger partial charge on any atom is 0.508 e. The van der Waals surface area contributed by atoms with E-state index in [1.807, 2.05) is 0 Å². The van der Waals surface area contributed by atoms with Crippen LogP contribution in [0.2, 0.25) is 0 Å². The molecule has 2 heterocycles. The molecule has 0 aliphatic carbocycles. The van der Waals surface area contributed by atoms with Crippen LogP contribution >= 0.6 is 0 Å². The Labute approximate surface area is 63.2 Å². The molecule has 1 spiro atoms. The molecule has 0 aromatic rings. The first-order chi connectivity index (χ1) is 5.31. The minimum absolute atomic E-state index is 0.131. The van der Waals surface area contributed by atoms with Crippen molar-refractivity contribution < 1.29 is 23.7 Å². The van der Waals surface area contributed by atoms with Gasteiger partial charge in [-0.15, -0.1) is 0 Å². The predicted octanol–water partition coefficient (Wildman–Crippen LogP) is -0.104. The van der Waals surface area contributed by atoms with Crippen LogP contribution in [0.4, 0.5) is 4.79 Å². The summed E-state index contributed by atoms with van der Waals surface area (Å²) in [6.45, 7) is 1.32. The average Bonchev–Trinajstić information content (AvgIpc) is 2.45. The zero-order chi connectivity index (χ0) is 7.73. The fourth-order valence-electron chi connectivity index (χ4n) is 1.08. The van der Waals surface area contributed by atoms with Gasteiger partial charge in [-0.1, -0.05) is 0 Å². The number of rotatable bonds is 0. The maximum atomic E-state index is 10.4. The molecule has 5 nitrogen and oxygen atoms in total. The highest BCUT2D eigenvalue weighted by Gasteiger charge is 2.43. The van der Waals surface area contributed by atoms with Crippen molar-refractivity contribution >= 4 is 6.16 Å². The van der Waals surface area contributed by atoms with Gasteiger partial charge in [0.05, 0.1) is 13.2 Å². The molecule has 5 heteroatoms. The van der Waals surface area contributed by atoms with Crippen molar-refractivity contribution in [2.45, 2.75) is 5.79 Å². The van der Waals surface area contributed by atoms with Gasteiger partial charge in [-0.25, -0.2) is 4.79 Å². The maximum absolute atomic E-state index is 10.4. The molecule has 0 amide bonds. The Morgan fingerprint density at radius 3 is 2.18 bits per heavy atom. The monoisotopic (exact) mass is 160 g/mol. The molecule has 2 aliphatic heterocycles. The van der Waals surface area contributed by atoms with Crippen LogP contribution in [0.15, 0.2) is 0 Å². The lowest BCUT2D eigenvalue weighted by atomic mass is 10.3. The molecule has 0 aromatic carbocycles. The lowest BCUT2D eigenvalue weighted by Gasteiger charge is -2.29. The molecule has 11 heavy (non-hydrogen) atoms. The van der Waals surface area contributed by atoms with E-state index in [1.54, 1.807) is 0 Å². The molecular formula is C6H8O5. The Kier molecular flexibility index (Phi) is 1.47. The van der Waals surface area contributed by atoms with E-state index in [4.69, 9.17) is 9.47 Å². The van der Waals surface area contributed by atoms with Gasteiger partial charge >= 0.3 is 6.16 Å². The smallest absolute Gasteiger partial charge is 0.428 e. The van der Waals surface area contributed by atoms with Gasteiger partial charge in [0.25, 0.3) is 0 Å². The molecule has 2 saturated heterocycles. The van der Waals surface area contributed by atoms with Crippen molar-refractivity contribution in [1.29, 1.82) is 0 Å². The first-order valence-corrected chi connectivity index (χ1v) is 3.38. The molecule has 2 aliphatic rings. The molecule has 0 aromatic heterocycles. The zero-order valence-electron chi connectivity index (χ0n) is 5.87. The van der Waals surface area contributed by atoms with Crippen molar-refractivity contribution in [3.8, 4) is 0 Å². The van der Waals surface area contributed by atoms with E-state index < -0.39 is 11.9 Å². The largest absolute Gasteiger partial charge is 0.508 e. The normalized spacial score (nSPS) is 28.2. The molecule has 0 saturated carbocycles. The SMILES string of the molecule is O=C1OCC2(CO1)OCCO2. The van der Waals surface area contributed by atoms with E-state index in [9.17, 15) is 4.79 Å². The zero-order valence-corrected chi connectivity index (χ0v) is 5.87.